The van der Waals surface area contributed by atoms with Crippen molar-refractivity contribution < 1.29 is 19.0 Å². The minimum absolute atomic E-state index is 0.119. The fourth-order valence-corrected chi connectivity index (χ4v) is 1.83. The first-order chi connectivity index (χ1) is 10.0. The molecule has 1 aromatic rings. The summed E-state index contributed by atoms with van der Waals surface area (Å²) in [5.74, 6) is 1.08. The van der Waals surface area contributed by atoms with Crippen LogP contribution in [0.5, 0.6) is 11.5 Å². The largest absolute Gasteiger partial charge is 0.493 e. The second-order valence-electron chi connectivity index (χ2n) is 4.53. The predicted octanol–water partition coefficient (Wildman–Crippen LogP) is 2.65. The van der Waals surface area contributed by atoms with Crippen molar-refractivity contribution in [3.63, 3.8) is 0 Å². The number of amides is 1. The summed E-state index contributed by atoms with van der Waals surface area (Å²) >= 11 is 0. The van der Waals surface area contributed by atoms with Crippen LogP contribution in [0, 0.1) is 0 Å². The molecule has 0 N–H and O–H groups in total. The van der Waals surface area contributed by atoms with Crippen LogP contribution in [0.1, 0.15) is 13.3 Å². The molecule has 5 nitrogen and oxygen atoms in total. The third-order valence-corrected chi connectivity index (χ3v) is 3.12. The molecule has 0 saturated heterocycles. The van der Waals surface area contributed by atoms with Gasteiger partial charge in [-0.05, 0) is 25.5 Å². The van der Waals surface area contributed by atoms with Crippen molar-refractivity contribution >= 4 is 11.6 Å². The summed E-state index contributed by atoms with van der Waals surface area (Å²) < 4.78 is 15.9. The van der Waals surface area contributed by atoms with Crippen molar-refractivity contribution in [1.29, 1.82) is 0 Å². The summed E-state index contributed by atoms with van der Waals surface area (Å²) in [5.41, 5.74) is 0.719. The van der Waals surface area contributed by atoms with Gasteiger partial charge in [-0.25, -0.2) is 0 Å². The lowest BCUT2D eigenvalue weighted by Crippen LogP contribution is -2.36. The first-order valence-electron chi connectivity index (χ1n) is 6.77. The molecule has 116 valence electrons. The Labute approximate surface area is 126 Å². The number of benzene rings is 1. The Hall–Kier alpha value is -2.01. The number of hydrogen-bond acceptors (Lipinski definition) is 4. The van der Waals surface area contributed by atoms with E-state index >= 15 is 0 Å². The molecule has 0 saturated carbocycles. The van der Waals surface area contributed by atoms with E-state index in [1.54, 1.807) is 57.4 Å². The highest BCUT2D eigenvalue weighted by molar-refractivity contribution is 5.96. The molecule has 0 aromatic heterocycles. The van der Waals surface area contributed by atoms with E-state index < -0.39 is 6.10 Å². The molecule has 1 aromatic carbocycles. The van der Waals surface area contributed by atoms with Gasteiger partial charge in [-0.15, -0.1) is 6.58 Å². The van der Waals surface area contributed by atoms with E-state index in [0.29, 0.717) is 18.1 Å². The van der Waals surface area contributed by atoms with Crippen molar-refractivity contribution in [3.05, 3.63) is 30.9 Å². The first kappa shape index (κ1) is 17.0. The van der Waals surface area contributed by atoms with Crippen LogP contribution < -0.4 is 14.4 Å². The minimum Gasteiger partial charge on any atom is -0.493 e. The second kappa shape index (κ2) is 8.32. The Morgan fingerprint density at radius 3 is 2.57 bits per heavy atom. The van der Waals surface area contributed by atoms with Gasteiger partial charge in [0.1, 0.15) is 6.10 Å². The summed E-state index contributed by atoms with van der Waals surface area (Å²) in [6.45, 7) is 5.84. The molecule has 0 bridgehead atoms. The second-order valence-corrected chi connectivity index (χ2v) is 4.53. The molecule has 0 radical (unpaired) electrons. The number of nitrogens with zero attached hydrogens (tertiary/aromatic N) is 1. The van der Waals surface area contributed by atoms with E-state index in [4.69, 9.17) is 14.2 Å². The zero-order valence-electron chi connectivity index (χ0n) is 13.1. The van der Waals surface area contributed by atoms with Gasteiger partial charge in [0.05, 0.1) is 20.8 Å². The lowest BCUT2D eigenvalue weighted by molar-refractivity contribution is -0.128. The van der Waals surface area contributed by atoms with Crippen LogP contribution in [0.4, 0.5) is 5.69 Å². The number of rotatable bonds is 8. The Bertz CT molecular complexity index is 487. The van der Waals surface area contributed by atoms with Crippen molar-refractivity contribution in [3.8, 4) is 11.5 Å². The summed E-state index contributed by atoms with van der Waals surface area (Å²) in [6, 6.07) is 5.32. The number of ether oxygens (including phenoxy) is 3. The highest BCUT2D eigenvalue weighted by Crippen LogP contribution is 2.31. The number of anilines is 1. The molecule has 0 aliphatic carbocycles. The molecule has 0 heterocycles. The van der Waals surface area contributed by atoms with Gasteiger partial charge in [-0.3, -0.25) is 4.79 Å². The first-order valence-corrected chi connectivity index (χ1v) is 6.77. The van der Waals surface area contributed by atoms with Gasteiger partial charge in [-0.1, -0.05) is 6.08 Å². The molecule has 0 aliphatic heterocycles. The Morgan fingerprint density at radius 1 is 1.33 bits per heavy atom. The third-order valence-electron chi connectivity index (χ3n) is 3.12. The quantitative estimate of drug-likeness (QED) is 0.546. The van der Waals surface area contributed by atoms with E-state index in [-0.39, 0.29) is 5.91 Å². The highest BCUT2D eigenvalue weighted by atomic mass is 16.5. The zero-order valence-corrected chi connectivity index (χ0v) is 13.1. The van der Waals surface area contributed by atoms with Crippen molar-refractivity contribution in [2.75, 3.05) is 32.8 Å². The fraction of sp³-hybridized carbons (Fsp3) is 0.438. The van der Waals surface area contributed by atoms with Gasteiger partial charge in [0, 0.05) is 18.8 Å². The van der Waals surface area contributed by atoms with Crippen LogP contribution in [-0.4, -0.2) is 39.9 Å². The summed E-state index contributed by atoms with van der Waals surface area (Å²) in [4.78, 5) is 13.8. The third kappa shape index (κ3) is 4.49. The minimum atomic E-state index is -0.511. The van der Waals surface area contributed by atoms with Crippen LogP contribution in [0.2, 0.25) is 0 Å². The van der Waals surface area contributed by atoms with Gasteiger partial charge < -0.3 is 19.1 Å². The van der Waals surface area contributed by atoms with E-state index in [9.17, 15) is 4.79 Å². The maximum absolute atomic E-state index is 12.3. The number of likely N-dealkylation sites (N-methyl/N-ethyl adjacent to an activating group) is 1. The van der Waals surface area contributed by atoms with Crippen LogP contribution >= 0.6 is 0 Å². The molecule has 1 atom stereocenters. The fourth-order valence-electron chi connectivity index (χ4n) is 1.83. The summed E-state index contributed by atoms with van der Waals surface area (Å²) in [7, 11) is 4.84. The molecule has 1 rings (SSSR count). The molecular formula is C16H23NO4. The molecule has 1 unspecified atom stereocenters. The smallest absolute Gasteiger partial charge is 0.255 e. The molecule has 1 amide bonds. The van der Waals surface area contributed by atoms with E-state index in [0.717, 1.165) is 12.1 Å². The van der Waals surface area contributed by atoms with Crippen molar-refractivity contribution in [2.45, 2.75) is 19.4 Å². The highest BCUT2D eigenvalue weighted by Gasteiger charge is 2.20. The Kier molecular flexibility index (Phi) is 6.75. The van der Waals surface area contributed by atoms with Gasteiger partial charge in [0.2, 0.25) is 0 Å². The maximum Gasteiger partial charge on any atom is 0.255 e. The Balaban J connectivity index is 2.79. The van der Waals surface area contributed by atoms with Gasteiger partial charge in [-0.2, -0.15) is 0 Å². The van der Waals surface area contributed by atoms with Crippen molar-refractivity contribution in [1.82, 2.24) is 0 Å². The van der Waals surface area contributed by atoms with E-state index in [1.165, 1.54) is 0 Å². The molecule has 0 aliphatic rings. The predicted molar refractivity (Wildman–Crippen MR) is 83.2 cm³/mol. The van der Waals surface area contributed by atoms with Gasteiger partial charge in [0.15, 0.2) is 11.5 Å². The molecule has 0 fully saturated rings. The van der Waals surface area contributed by atoms with Gasteiger partial charge >= 0.3 is 0 Å². The number of carbonyl (C=O) groups is 1. The zero-order chi connectivity index (χ0) is 15.8. The van der Waals surface area contributed by atoms with Gasteiger partial charge in [0.25, 0.3) is 5.91 Å². The summed E-state index contributed by atoms with van der Waals surface area (Å²) in [6.07, 6.45) is 1.97. The standard InChI is InChI=1S/C16H23NO4/c1-6-7-10-21-12(2)16(18)17(3)13-8-9-14(19-4)15(11-13)20-5/h6,8-9,11-12H,1,7,10H2,2-5H3. The normalized spacial score (nSPS) is 11.6. The van der Waals surface area contributed by atoms with E-state index in [1.807, 2.05) is 0 Å². The number of hydrogen-bond donors (Lipinski definition) is 0. The molecular weight excluding hydrogens is 270 g/mol. The molecule has 5 heteroatoms. The molecule has 21 heavy (non-hydrogen) atoms. The van der Waals surface area contributed by atoms with Crippen LogP contribution in [0.25, 0.3) is 0 Å². The lowest BCUT2D eigenvalue weighted by atomic mass is 10.2. The summed E-state index contributed by atoms with van der Waals surface area (Å²) in [5, 5.41) is 0. The average molecular weight is 293 g/mol. The Morgan fingerprint density at radius 2 is 2.00 bits per heavy atom. The SMILES string of the molecule is C=CCCOC(C)C(=O)N(C)c1ccc(OC)c(OC)c1. The monoisotopic (exact) mass is 293 g/mol. The number of methoxy groups -OCH3 is 2. The van der Waals surface area contributed by atoms with Crippen LogP contribution in [-0.2, 0) is 9.53 Å². The average Bonchev–Trinajstić information content (AvgIpc) is 2.52. The van der Waals surface area contributed by atoms with E-state index in [2.05, 4.69) is 6.58 Å². The van der Waals surface area contributed by atoms with Crippen molar-refractivity contribution in [2.24, 2.45) is 0 Å². The van der Waals surface area contributed by atoms with Crippen LogP contribution in [0.15, 0.2) is 30.9 Å². The lowest BCUT2D eigenvalue weighted by Gasteiger charge is -2.22. The maximum atomic E-state index is 12.3. The number of carbonyl (C=O) groups excluding carboxylic acids is 1. The topological polar surface area (TPSA) is 48.0 Å². The molecule has 0 spiro atoms. The van der Waals surface area contributed by atoms with Crippen LogP contribution in [0.3, 0.4) is 0 Å².